The number of carbonyl (C=O) groups is 1. The van der Waals surface area contributed by atoms with Crippen molar-refractivity contribution in [3.05, 3.63) is 35.9 Å². The van der Waals surface area contributed by atoms with Gasteiger partial charge in [0.2, 0.25) is 5.91 Å². The van der Waals surface area contributed by atoms with E-state index in [0.717, 1.165) is 0 Å². The van der Waals surface area contributed by atoms with Crippen LogP contribution in [-0.2, 0) is 4.79 Å². The van der Waals surface area contributed by atoms with Crippen molar-refractivity contribution < 1.29 is 9.90 Å². The molecular weight excluding hydrogens is 240 g/mol. The number of nitrogens with one attached hydrogen (secondary N) is 1. The average molecular weight is 264 g/mol. The fourth-order valence-corrected chi connectivity index (χ4v) is 1.98. The van der Waals surface area contributed by atoms with Gasteiger partial charge in [-0.1, -0.05) is 37.3 Å². The summed E-state index contributed by atoms with van der Waals surface area (Å²) in [6, 6.07) is 10.1. The maximum Gasteiger partial charge on any atom is 0.234 e. The van der Waals surface area contributed by atoms with Gasteiger partial charge >= 0.3 is 0 Å². The first-order chi connectivity index (χ1) is 8.99. The molecule has 4 nitrogen and oxygen atoms in total. The highest BCUT2D eigenvalue weighted by atomic mass is 16.3. The lowest BCUT2D eigenvalue weighted by Gasteiger charge is -2.19. The third kappa shape index (κ3) is 6.36. The first kappa shape index (κ1) is 15.7. The molecule has 2 atom stereocenters. The van der Waals surface area contributed by atoms with E-state index in [2.05, 4.69) is 24.4 Å². The molecule has 2 N–H and O–H groups in total. The van der Waals surface area contributed by atoms with Gasteiger partial charge in [0, 0.05) is 13.1 Å². The number of aliphatic hydroxyl groups is 1. The molecule has 0 fully saturated rings. The minimum absolute atomic E-state index is 0.00840. The molecule has 2 unspecified atom stereocenters. The van der Waals surface area contributed by atoms with E-state index in [1.165, 1.54) is 5.56 Å². The quantitative estimate of drug-likeness (QED) is 0.778. The SMILES string of the molecule is CC(O)CN(C)CC(=O)NCC(C)c1ccccc1. The highest BCUT2D eigenvalue weighted by molar-refractivity contribution is 5.78. The minimum Gasteiger partial charge on any atom is -0.392 e. The Morgan fingerprint density at radius 1 is 1.32 bits per heavy atom. The van der Waals surface area contributed by atoms with Gasteiger partial charge in [-0.15, -0.1) is 0 Å². The zero-order valence-corrected chi connectivity index (χ0v) is 12.0. The average Bonchev–Trinajstić information content (AvgIpc) is 2.36. The summed E-state index contributed by atoms with van der Waals surface area (Å²) in [6.45, 7) is 5.25. The van der Waals surface area contributed by atoms with E-state index in [-0.39, 0.29) is 5.91 Å². The molecule has 0 radical (unpaired) electrons. The highest BCUT2D eigenvalue weighted by Gasteiger charge is 2.10. The van der Waals surface area contributed by atoms with Crippen molar-refractivity contribution in [3.63, 3.8) is 0 Å². The van der Waals surface area contributed by atoms with Crippen molar-refractivity contribution in [1.82, 2.24) is 10.2 Å². The molecule has 0 aliphatic carbocycles. The molecule has 0 aromatic heterocycles. The number of hydrogen-bond acceptors (Lipinski definition) is 3. The molecule has 0 heterocycles. The Labute approximate surface area is 115 Å². The number of carbonyl (C=O) groups excluding carboxylic acids is 1. The monoisotopic (exact) mass is 264 g/mol. The maximum atomic E-state index is 11.7. The Bertz CT molecular complexity index is 379. The minimum atomic E-state index is -0.416. The highest BCUT2D eigenvalue weighted by Crippen LogP contribution is 2.12. The zero-order valence-electron chi connectivity index (χ0n) is 12.0. The largest absolute Gasteiger partial charge is 0.392 e. The summed E-state index contributed by atoms with van der Waals surface area (Å²) in [5.74, 6) is 0.290. The van der Waals surface area contributed by atoms with E-state index in [1.807, 2.05) is 30.1 Å². The van der Waals surface area contributed by atoms with Crippen LogP contribution in [0.25, 0.3) is 0 Å². The van der Waals surface area contributed by atoms with E-state index in [9.17, 15) is 9.90 Å². The van der Waals surface area contributed by atoms with E-state index in [1.54, 1.807) is 6.92 Å². The molecule has 0 aliphatic heterocycles. The molecule has 0 saturated carbocycles. The van der Waals surface area contributed by atoms with Crippen LogP contribution in [0.2, 0.25) is 0 Å². The van der Waals surface area contributed by atoms with E-state index in [0.29, 0.717) is 25.6 Å². The van der Waals surface area contributed by atoms with Crippen LogP contribution in [0.5, 0.6) is 0 Å². The Balaban J connectivity index is 2.30. The van der Waals surface area contributed by atoms with Crippen molar-refractivity contribution in [2.24, 2.45) is 0 Å². The van der Waals surface area contributed by atoms with Crippen LogP contribution >= 0.6 is 0 Å². The molecule has 0 spiro atoms. The summed E-state index contributed by atoms with van der Waals surface area (Å²) in [7, 11) is 1.83. The molecule has 0 aliphatic rings. The number of nitrogens with zero attached hydrogens (tertiary/aromatic N) is 1. The predicted octanol–water partition coefficient (Wildman–Crippen LogP) is 1.22. The third-order valence-corrected chi connectivity index (χ3v) is 2.96. The van der Waals surface area contributed by atoms with Gasteiger partial charge in [0.15, 0.2) is 0 Å². The Morgan fingerprint density at radius 3 is 2.53 bits per heavy atom. The molecule has 0 bridgehead atoms. The molecule has 4 heteroatoms. The number of benzene rings is 1. The van der Waals surface area contributed by atoms with Crippen LogP contribution in [0.1, 0.15) is 25.3 Å². The lowest BCUT2D eigenvalue weighted by Crippen LogP contribution is -2.39. The molecule has 1 aromatic rings. The van der Waals surface area contributed by atoms with Crippen molar-refractivity contribution in [1.29, 1.82) is 0 Å². The Kier molecular flexibility index (Phi) is 6.53. The number of hydrogen-bond donors (Lipinski definition) is 2. The van der Waals surface area contributed by atoms with Gasteiger partial charge in [0.25, 0.3) is 0 Å². The maximum absolute atomic E-state index is 11.7. The standard InChI is InChI=1S/C15H24N2O2/c1-12(14-7-5-4-6-8-14)9-16-15(19)11-17(3)10-13(2)18/h4-8,12-13,18H,9-11H2,1-3H3,(H,16,19). The summed E-state index contributed by atoms with van der Waals surface area (Å²) in [6.07, 6.45) is -0.416. The van der Waals surface area contributed by atoms with Crippen LogP contribution in [-0.4, -0.2) is 48.7 Å². The van der Waals surface area contributed by atoms with Gasteiger partial charge in [0.05, 0.1) is 12.6 Å². The van der Waals surface area contributed by atoms with Crippen LogP contribution in [0.3, 0.4) is 0 Å². The fraction of sp³-hybridized carbons (Fsp3) is 0.533. The third-order valence-electron chi connectivity index (χ3n) is 2.96. The first-order valence-electron chi connectivity index (χ1n) is 6.67. The van der Waals surface area contributed by atoms with Crippen LogP contribution in [0.15, 0.2) is 30.3 Å². The second kappa shape index (κ2) is 7.92. The van der Waals surface area contributed by atoms with Crippen LogP contribution in [0, 0.1) is 0 Å². The van der Waals surface area contributed by atoms with Gasteiger partial charge < -0.3 is 10.4 Å². The van der Waals surface area contributed by atoms with Crippen molar-refractivity contribution in [3.8, 4) is 0 Å². The van der Waals surface area contributed by atoms with Gasteiger partial charge in [0.1, 0.15) is 0 Å². The predicted molar refractivity (Wildman–Crippen MR) is 77.0 cm³/mol. The fourth-order valence-electron chi connectivity index (χ4n) is 1.98. The van der Waals surface area contributed by atoms with Crippen LogP contribution in [0.4, 0.5) is 0 Å². The van der Waals surface area contributed by atoms with Gasteiger partial charge in [-0.3, -0.25) is 9.69 Å². The molecule has 1 aromatic carbocycles. The molecule has 106 valence electrons. The molecule has 1 rings (SSSR count). The first-order valence-corrected chi connectivity index (χ1v) is 6.67. The molecule has 0 saturated heterocycles. The van der Waals surface area contributed by atoms with Gasteiger partial charge in [-0.05, 0) is 25.5 Å². The number of likely N-dealkylation sites (N-methyl/N-ethyl adjacent to an activating group) is 1. The van der Waals surface area contributed by atoms with Crippen LogP contribution < -0.4 is 5.32 Å². The topological polar surface area (TPSA) is 52.6 Å². The van der Waals surface area contributed by atoms with Gasteiger partial charge in [-0.2, -0.15) is 0 Å². The van der Waals surface area contributed by atoms with E-state index < -0.39 is 6.10 Å². The Hall–Kier alpha value is -1.39. The molecular formula is C15H24N2O2. The summed E-state index contributed by atoms with van der Waals surface area (Å²) < 4.78 is 0. The summed E-state index contributed by atoms with van der Waals surface area (Å²) in [5.41, 5.74) is 1.22. The molecule has 1 amide bonds. The summed E-state index contributed by atoms with van der Waals surface area (Å²) >= 11 is 0. The number of amides is 1. The number of aliphatic hydroxyl groups excluding tert-OH is 1. The van der Waals surface area contributed by atoms with Gasteiger partial charge in [-0.25, -0.2) is 0 Å². The lowest BCUT2D eigenvalue weighted by atomic mass is 10.0. The van der Waals surface area contributed by atoms with Crippen molar-refractivity contribution in [2.45, 2.75) is 25.9 Å². The normalized spacial score (nSPS) is 14.2. The molecule has 19 heavy (non-hydrogen) atoms. The Morgan fingerprint density at radius 2 is 1.95 bits per heavy atom. The van der Waals surface area contributed by atoms with Crippen molar-refractivity contribution in [2.75, 3.05) is 26.7 Å². The smallest absolute Gasteiger partial charge is 0.234 e. The van der Waals surface area contributed by atoms with Crippen molar-refractivity contribution >= 4 is 5.91 Å². The van der Waals surface area contributed by atoms with E-state index in [4.69, 9.17) is 0 Å². The van der Waals surface area contributed by atoms with E-state index >= 15 is 0 Å². The second-order valence-corrected chi connectivity index (χ2v) is 5.16. The summed E-state index contributed by atoms with van der Waals surface area (Å²) in [4.78, 5) is 13.5. The number of rotatable bonds is 7. The summed E-state index contributed by atoms with van der Waals surface area (Å²) in [5, 5.41) is 12.2. The zero-order chi connectivity index (χ0) is 14.3. The second-order valence-electron chi connectivity index (χ2n) is 5.16. The lowest BCUT2D eigenvalue weighted by molar-refractivity contribution is -0.122.